The first kappa shape index (κ1) is 16.3. The monoisotopic (exact) mass is 298 g/mol. The maximum Gasteiger partial charge on any atom is 0.225 e. The SMILES string of the molecule is Cc1cc(Nc2ccc(C(C)(C)C)cc2)nc(NC(C)C)n1. The van der Waals surface area contributed by atoms with Gasteiger partial charge in [-0.25, -0.2) is 4.98 Å². The smallest absolute Gasteiger partial charge is 0.225 e. The molecule has 22 heavy (non-hydrogen) atoms. The van der Waals surface area contributed by atoms with Crippen LogP contribution in [0.3, 0.4) is 0 Å². The van der Waals surface area contributed by atoms with Crippen molar-refractivity contribution in [1.82, 2.24) is 9.97 Å². The second-order valence-corrected chi connectivity index (χ2v) is 6.97. The molecular weight excluding hydrogens is 272 g/mol. The molecule has 1 aromatic heterocycles. The van der Waals surface area contributed by atoms with E-state index >= 15 is 0 Å². The predicted octanol–water partition coefficient (Wildman–Crippen LogP) is 4.65. The molecule has 0 amide bonds. The summed E-state index contributed by atoms with van der Waals surface area (Å²) in [6.07, 6.45) is 0. The van der Waals surface area contributed by atoms with Crippen LogP contribution >= 0.6 is 0 Å². The van der Waals surface area contributed by atoms with Gasteiger partial charge >= 0.3 is 0 Å². The molecule has 0 fully saturated rings. The number of nitrogens with one attached hydrogen (secondary N) is 2. The Hall–Kier alpha value is -2.10. The lowest BCUT2D eigenvalue weighted by Gasteiger charge is -2.19. The van der Waals surface area contributed by atoms with Crippen molar-refractivity contribution < 1.29 is 0 Å². The number of aromatic nitrogens is 2. The minimum atomic E-state index is 0.165. The maximum atomic E-state index is 4.51. The predicted molar refractivity (Wildman–Crippen MR) is 94.0 cm³/mol. The van der Waals surface area contributed by atoms with Crippen LogP contribution in [0.2, 0.25) is 0 Å². The zero-order valence-corrected chi connectivity index (χ0v) is 14.4. The zero-order valence-electron chi connectivity index (χ0n) is 14.4. The second kappa shape index (κ2) is 6.34. The second-order valence-electron chi connectivity index (χ2n) is 6.97. The van der Waals surface area contributed by atoms with Gasteiger partial charge in [0, 0.05) is 23.5 Å². The lowest BCUT2D eigenvalue weighted by Crippen LogP contribution is -2.13. The zero-order chi connectivity index (χ0) is 16.3. The summed E-state index contributed by atoms with van der Waals surface area (Å²) in [5.41, 5.74) is 3.45. The number of anilines is 3. The van der Waals surface area contributed by atoms with Crippen LogP contribution in [0, 0.1) is 6.92 Å². The molecule has 118 valence electrons. The van der Waals surface area contributed by atoms with Gasteiger partial charge in [0.1, 0.15) is 5.82 Å². The summed E-state index contributed by atoms with van der Waals surface area (Å²) < 4.78 is 0. The van der Waals surface area contributed by atoms with Gasteiger partial charge in [0.25, 0.3) is 0 Å². The summed E-state index contributed by atoms with van der Waals surface area (Å²) in [4.78, 5) is 8.91. The molecule has 2 N–H and O–H groups in total. The highest BCUT2D eigenvalue weighted by molar-refractivity contribution is 5.58. The first-order valence-electron chi connectivity index (χ1n) is 7.74. The molecule has 0 saturated carbocycles. The summed E-state index contributed by atoms with van der Waals surface area (Å²) in [6, 6.07) is 10.7. The quantitative estimate of drug-likeness (QED) is 0.863. The number of benzene rings is 1. The Kier molecular flexibility index (Phi) is 4.69. The molecule has 0 atom stereocenters. The van der Waals surface area contributed by atoms with Crippen LogP contribution in [0.5, 0.6) is 0 Å². The van der Waals surface area contributed by atoms with E-state index in [9.17, 15) is 0 Å². The standard InChI is InChI=1S/C18H26N4/c1-12(2)19-17-20-13(3)11-16(22-17)21-15-9-7-14(8-10-15)18(4,5)6/h7-12H,1-6H3,(H2,19,20,21,22). The summed E-state index contributed by atoms with van der Waals surface area (Å²) in [5.74, 6) is 1.46. The van der Waals surface area contributed by atoms with Gasteiger partial charge in [-0.15, -0.1) is 0 Å². The first-order chi connectivity index (χ1) is 10.2. The van der Waals surface area contributed by atoms with E-state index in [1.165, 1.54) is 5.56 Å². The van der Waals surface area contributed by atoms with Crippen molar-refractivity contribution in [2.45, 2.75) is 53.0 Å². The van der Waals surface area contributed by atoms with E-state index in [-0.39, 0.29) is 5.41 Å². The Balaban J connectivity index is 2.18. The molecule has 1 aromatic carbocycles. The van der Waals surface area contributed by atoms with Crippen molar-refractivity contribution >= 4 is 17.5 Å². The van der Waals surface area contributed by atoms with Crippen LogP contribution in [-0.4, -0.2) is 16.0 Å². The summed E-state index contributed by atoms with van der Waals surface area (Å²) in [5, 5.41) is 6.58. The van der Waals surface area contributed by atoms with E-state index in [0.717, 1.165) is 17.2 Å². The lowest BCUT2D eigenvalue weighted by atomic mass is 9.87. The van der Waals surface area contributed by atoms with Crippen LogP contribution in [0.25, 0.3) is 0 Å². The van der Waals surface area contributed by atoms with E-state index in [1.54, 1.807) is 0 Å². The molecule has 2 aromatic rings. The van der Waals surface area contributed by atoms with Gasteiger partial charge in [-0.05, 0) is 43.9 Å². The molecule has 0 aliphatic rings. The number of nitrogens with zero attached hydrogens (tertiary/aromatic N) is 2. The van der Waals surface area contributed by atoms with Crippen molar-refractivity contribution in [3.8, 4) is 0 Å². The normalized spacial score (nSPS) is 11.6. The molecule has 4 heteroatoms. The van der Waals surface area contributed by atoms with Crippen molar-refractivity contribution in [2.75, 3.05) is 10.6 Å². The van der Waals surface area contributed by atoms with Crippen LogP contribution in [0.15, 0.2) is 30.3 Å². The minimum absolute atomic E-state index is 0.165. The van der Waals surface area contributed by atoms with E-state index in [0.29, 0.717) is 12.0 Å². The van der Waals surface area contributed by atoms with Crippen LogP contribution in [-0.2, 0) is 5.41 Å². The highest BCUT2D eigenvalue weighted by atomic mass is 15.1. The van der Waals surface area contributed by atoms with E-state index in [2.05, 4.69) is 79.5 Å². The van der Waals surface area contributed by atoms with Crippen LogP contribution < -0.4 is 10.6 Å². The van der Waals surface area contributed by atoms with Gasteiger partial charge < -0.3 is 10.6 Å². The van der Waals surface area contributed by atoms with Gasteiger partial charge in [-0.1, -0.05) is 32.9 Å². The van der Waals surface area contributed by atoms with E-state index in [4.69, 9.17) is 0 Å². The fourth-order valence-electron chi connectivity index (χ4n) is 2.16. The lowest BCUT2D eigenvalue weighted by molar-refractivity contribution is 0.590. The molecule has 0 saturated heterocycles. The molecule has 2 rings (SSSR count). The number of hydrogen-bond donors (Lipinski definition) is 2. The molecule has 0 spiro atoms. The van der Waals surface area contributed by atoms with E-state index < -0.39 is 0 Å². The van der Waals surface area contributed by atoms with Gasteiger partial charge in [0.05, 0.1) is 0 Å². The van der Waals surface area contributed by atoms with Crippen molar-refractivity contribution in [1.29, 1.82) is 0 Å². The fourth-order valence-corrected chi connectivity index (χ4v) is 2.16. The Morgan fingerprint density at radius 2 is 1.64 bits per heavy atom. The summed E-state index contributed by atoms with van der Waals surface area (Å²) in [7, 11) is 0. The third-order valence-corrected chi connectivity index (χ3v) is 3.30. The van der Waals surface area contributed by atoms with Crippen molar-refractivity contribution in [2.24, 2.45) is 0 Å². The molecule has 0 aliphatic heterocycles. The van der Waals surface area contributed by atoms with Crippen LogP contribution in [0.4, 0.5) is 17.5 Å². The van der Waals surface area contributed by atoms with E-state index in [1.807, 2.05) is 13.0 Å². The topological polar surface area (TPSA) is 49.8 Å². The minimum Gasteiger partial charge on any atom is -0.352 e. The molecular formula is C18H26N4. The molecule has 0 unspecified atom stereocenters. The van der Waals surface area contributed by atoms with Gasteiger partial charge in [0.2, 0.25) is 5.95 Å². The summed E-state index contributed by atoms with van der Waals surface area (Å²) >= 11 is 0. The van der Waals surface area contributed by atoms with Gasteiger partial charge in [-0.3, -0.25) is 0 Å². The third-order valence-electron chi connectivity index (χ3n) is 3.30. The average molecular weight is 298 g/mol. The van der Waals surface area contributed by atoms with Gasteiger partial charge in [-0.2, -0.15) is 4.98 Å². The Morgan fingerprint density at radius 3 is 2.18 bits per heavy atom. The first-order valence-corrected chi connectivity index (χ1v) is 7.74. The highest BCUT2D eigenvalue weighted by Crippen LogP contribution is 2.24. The average Bonchev–Trinajstić information content (AvgIpc) is 2.36. The fraction of sp³-hybridized carbons (Fsp3) is 0.444. The Morgan fingerprint density at radius 1 is 1.00 bits per heavy atom. The molecule has 0 bridgehead atoms. The van der Waals surface area contributed by atoms with Crippen LogP contribution in [0.1, 0.15) is 45.9 Å². The number of rotatable bonds is 4. The highest BCUT2D eigenvalue weighted by Gasteiger charge is 2.13. The molecule has 0 radical (unpaired) electrons. The Labute approximate surface area is 133 Å². The largest absolute Gasteiger partial charge is 0.352 e. The Bertz CT molecular complexity index is 625. The third kappa shape index (κ3) is 4.45. The maximum absolute atomic E-state index is 4.51. The van der Waals surface area contributed by atoms with Crippen molar-refractivity contribution in [3.05, 3.63) is 41.6 Å². The molecule has 1 heterocycles. The summed E-state index contributed by atoms with van der Waals surface area (Å²) in [6.45, 7) is 12.8. The molecule has 4 nitrogen and oxygen atoms in total. The number of aryl methyl sites for hydroxylation is 1. The molecule has 0 aliphatic carbocycles. The van der Waals surface area contributed by atoms with Gasteiger partial charge in [0.15, 0.2) is 0 Å². The number of hydrogen-bond acceptors (Lipinski definition) is 4. The van der Waals surface area contributed by atoms with Crippen molar-refractivity contribution in [3.63, 3.8) is 0 Å².